The first-order valence-electron chi connectivity index (χ1n) is 5.75. The maximum absolute atomic E-state index is 12.4. The number of ether oxygens (including phenoxy) is 1. The van der Waals surface area contributed by atoms with E-state index in [4.69, 9.17) is 9.15 Å². The van der Waals surface area contributed by atoms with Crippen LogP contribution in [0.2, 0.25) is 0 Å². The van der Waals surface area contributed by atoms with Crippen molar-refractivity contribution < 1.29 is 9.15 Å². The van der Waals surface area contributed by atoms with Crippen LogP contribution in [0.15, 0.2) is 42.9 Å². The second kappa shape index (κ2) is 5.26. The zero-order chi connectivity index (χ0) is 14.1. The fraction of sp³-hybridized carbons (Fsp3) is 0.154. The van der Waals surface area contributed by atoms with Crippen molar-refractivity contribution in [3.05, 3.63) is 39.7 Å². The molecule has 0 unspecified atom stereocenters. The van der Waals surface area contributed by atoms with Crippen LogP contribution in [-0.4, -0.2) is 17.3 Å². The molecule has 0 bridgehead atoms. The number of aryl methyl sites for hydroxylation is 1. The first-order chi connectivity index (χ1) is 9.67. The van der Waals surface area contributed by atoms with Crippen LogP contribution < -0.4 is 10.2 Å². The summed E-state index contributed by atoms with van der Waals surface area (Å²) in [7, 11) is 1.57. The summed E-state index contributed by atoms with van der Waals surface area (Å²) in [6, 6.07) is 5.14. The average Bonchev–Trinajstić information content (AvgIpc) is 2.87. The predicted molar refractivity (Wildman–Crippen MR) is 77.8 cm³/mol. The molecule has 3 aromatic rings. The molecule has 20 heavy (non-hydrogen) atoms. The van der Waals surface area contributed by atoms with Crippen LogP contribution in [0.1, 0.15) is 5.01 Å². The lowest BCUT2D eigenvalue weighted by molar-refractivity contribution is 0.414. The van der Waals surface area contributed by atoms with Gasteiger partial charge in [-0.3, -0.25) is 4.79 Å². The van der Waals surface area contributed by atoms with E-state index in [1.165, 1.54) is 29.4 Å². The number of hydrogen-bond acceptors (Lipinski definition) is 7. The van der Waals surface area contributed by atoms with Gasteiger partial charge in [0.2, 0.25) is 5.43 Å². The van der Waals surface area contributed by atoms with E-state index in [0.29, 0.717) is 21.6 Å². The molecule has 0 saturated heterocycles. The molecule has 0 aliphatic heterocycles. The van der Waals surface area contributed by atoms with Crippen LogP contribution in [0, 0.1) is 6.92 Å². The highest BCUT2D eigenvalue weighted by atomic mass is 32.2. The van der Waals surface area contributed by atoms with Gasteiger partial charge in [-0.05, 0) is 30.8 Å². The van der Waals surface area contributed by atoms with Crippen LogP contribution in [0.4, 0.5) is 0 Å². The van der Waals surface area contributed by atoms with Crippen molar-refractivity contribution >= 4 is 34.1 Å². The van der Waals surface area contributed by atoms with E-state index >= 15 is 0 Å². The van der Waals surface area contributed by atoms with Crippen molar-refractivity contribution in [2.75, 3.05) is 7.11 Å². The van der Waals surface area contributed by atoms with Crippen LogP contribution in [0.3, 0.4) is 0 Å². The van der Waals surface area contributed by atoms with Gasteiger partial charge >= 0.3 is 0 Å². The standard InChI is InChI=1S/C13H10N2O3S2/c1-7-14-15-13(19-7)20-11-6-18-10-5-8(17-2)3-4-9(10)12(11)16/h3-6H,1-2H3. The summed E-state index contributed by atoms with van der Waals surface area (Å²) >= 11 is 2.71. The van der Waals surface area contributed by atoms with Crippen molar-refractivity contribution in [2.24, 2.45) is 0 Å². The molecule has 2 heterocycles. The smallest absolute Gasteiger partial charge is 0.206 e. The molecule has 1 aromatic carbocycles. The van der Waals surface area contributed by atoms with Crippen molar-refractivity contribution in [3.63, 3.8) is 0 Å². The Kier molecular flexibility index (Phi) is 3.45. The second-order valence-corrected chi connectivity index (χ2v) is 6.45. The highest BCUT2D eigenvalue weighted by Gasteiger charge is 2.11. The lowest BCUT2D eigenvalue weighted by Gasteiger charge is -2.02. The zero-order valence-corrected chi connectivity index (χ0v) is 12.4. The Hall–Kier alpha value is -1.86. The topological polar surface area (TPSA) is 65.2 Å². The van der Waals surface area contributed by atoms with Gasteiger partial charge in [-0.15, -0.1) is 10.2 Å². The number of fused-ring (bicyclic) bond motifs is 1. The predicted octanol–water partition coefficient (Wildman–Crippen LogP) is 3.11. The summed E-state index contributed by atoms with van der Waals surface area (Å²) in [6.07, 6.45) is 1.45. The molecule has 2 aromatic heterocycles. The van der Waals surface area contributed by atoms with E-state index in [9.17, 15) is 4.79 Å². The van der Waals surface area contributed by atoms with Gasteiger partial charge in [0.25, 0.3) is 0 Å². The van der Waals surface area contributed by atoms with E-state index in [1.54, 1.807) is 25.3 Å². The molecule has 0 radical (unpaired) electrons. The number of nitrogens with zero attached hydrogens (tertiary/aromatic N) is 2. The average molecular weight is 306 g/mol. The van der Waals surface area contributed by atoms with Gasteiger partial charge in [-0.2, -0.15) is 0 Å². The summed E-state index contributed by atoms with van der Waals surface area (Å²) in [5.74, 6) is 0.654. The fourth-order valence-corrected chi connectivity index (χ4v) is 3.48. The van der Waals surface area contributed by atoms with E-state index < -0.39 is 0 Å². The third kappa shape index (κ3) is 2.41. The monoisotopic (exact) mass is 306 g/mol. The van der Waals surface area contributed by atoms with E-state index in [-0.39, 0.29) is 5.43 Å². The Morgan fingerprint density at radius 1 is 1.35 bits per heavy atom. The minimum Gasteiger partial charge on any atom is -0.497 e. The molecule has 0 N–H and O–H groups in total. The Labute approximate surface area is 122 Å². The summed E-state index contributed by atoms with van der Waals surface area (Å²) in [5.41, 5.74) is 0.430. The SMILES string of the molecule is COc1ccc2c(=O)c(Sc3nnc(C)s3)coc2c1. The van der Waals surface area contributed by atoms with Gasteiger partial charge in [0.05, 0.1) is 17.4 Å². The van der Waals surface area contributed by atoms with Crippen molar-refractivity contribution in [2.45, 2.75) is 16.2 Å². The van der Waals surface area contributed by atoms with Gasteiger partial charge in [-0.1, -0.05) is 11.3 Å². The fourth-order valence-electron chi connectivity index (χ4n) is 1.70. The molecule has 5 nitrogen and oxygen atoms in total. The Morgan fingerprint density at radius 2 is 2.20 bits per heavy atom. The van der Waals surface area contributed by atoms with Crippen molar-refractivity contribution in [1.82, 2.24) is 10.2 Å². The third-order valence-corrected chi connectivity index (χ3v) is 4.55. The van der Waals surface area contributed by atoms with Crippen LogP contribution in [0.5, 0.6) is 5.75 Å². The van der Waals surface area contributed by atoms with Crippen LogP contribution >= 0.6 is 23.1 Å². The Morgan fingerprint density at radius 3 is 2.90 bits per heavy atom. The summed E-state index contributed by atoms with van der Waals surface area (Å²) in [5, 5.41) is 9.30. The molecule has 0 aliphatic rings. The van der Waals surface area contributed by atoms with Gasteiger partial charge in [0, 0.05) is 6.07 Å². The highest BCUT2D eigenvalue weighted by Crippen LogP contribution is 2.29. The molecule has 0 fully saturated rings. The Balaban J connectivity index is 2.05. The quantitative estimate of drug-likeness (QED) is 0.741. The lowest BCUT2D eigenvalue weighted by atomic mass is 10.2. The largest absolute Gasteiger partial charge is 0.497 e. The Bertz CT molecular complexity index is 826. The summed E-state index contributed by atoms with van der Waals surface area (Å²) in [6.45, 7) is 1.87. The number of hydrogen-bond donors (Lipinski definition) is 0. The molecular formula is C13H10N2O3S2. The third-order valence-electron chi connectivity index (χ3n) is 2.65. The number of methoxy groups -OCH3 is 1. The lowest BCUT2D eigenvalue weighted by Crippen LogP contribution is -2.03. The molecule has 0 amide bonds. The van der Waals surface area contributed by atoms with Gasteiger partial charge in [0.15, 0.2) is 4.34 Å². The normalized spacial score (nSPS) is 10.9. The van der Waals surface area contributed by atoms with Crippen molar-refractivity contribution in [3.8, 4) is 5.75 Å². The molecule has 0 atom stereocenters. The maximum Gasteiger partial charge on any atom is 0.206 e. The van der Waals surface area contributed by atoms with Crippen LogP contribution in [0.25, 0.3) is 11.0 Å². The van der Waals surface area contributed by atoms with Crippen molar-refractivity contribution in [1.29, 1.82) is 0 Å². The molecular weight excluding hydrogens is 296 g/mol. The van der Waals surface area contributed by atoms with E-state index in [2.05, 4.69) is 10.2 Å². The van der Waals surface area contributed by atoms with E-state index in [1.807, 2.05) is 6.92 Å². The molecule has 0 aliphatic carbocycles. The summed E-state index contributed by atoms with van der Waals surface area (Å²) < 4.78 is 11.3. The molecule has 3 rings (SSSR count). The second-order valence-electron chi connectivity index (χ2n) is 3.98. The number of benzene rings is 1. The van der Waals surface area contributed by atoms with Gasteiger partial charge in [-0.25, -0.2) is 0 Å². The number of aromatic nitrogens is 2. The minimum atomic E-state index is -0.0771. The van der Waals surface area contributed by atoms with Crippen LogP contribution in [-0.2, 0) is 0 Å². The first-order valence-corrected chi connectivity index (χ1v) is 7.38. The highest BCUT2D eigenvalue weighted by molar-refractivity contribution is 8.01. The molecule has 0 spiro atoms. The van der Waals surface area contributed by atoms with Gasteiger partial charge in [0.1, 0.15) is 22.6 Å². The first kappa shape index (κ1) is 13.1. The maximum atomic E-state index is 12.4. The molecule has 0 saturated carbocycles. The zero-order valence-electron chi connectivity index (χ0n) is 10.7. The molecule has 102 valence electrons. The van der Waals surface area contributed by atoms with Gasteiger partial charge < -0.3 is 9.15 Å². The number of rotatable bonds is 3. The minimum absolute atomic E-state index is 0.0771. The van der Waals surface area contributed by atoms with E-state index in [0.717, 1.165) is 9.35 Å². The molecule has 7 heteroatoms. The summed E-state index contributed by atoms with van der Waals surface area (Å²) in [4.78, 5) is 12.9.